The van der Waals surface area contributed by atoms with Gasteiger partial charge in [-0.1, -0.05) is 0 Å². The van der Waals surface area contributed by atoms with E-state index in [0.717, 1.165) is 5.56 Å². The lowest BCUT2D eigenvalue weighted by Crippen LogP contribution is -2.02. The van der Waals surface area contributed by atoms with Crippen molar-refractivity contribution >= 4 is 11.3 Å². The first-order chi connectivity index (χ1) is 4.84. The quantitative estimate of drug-likeness (QED) is 0.718. The molecular formula is C7H10FNS. The van der Waals surface area contributed by atoms with Gasteiger partial charge in [-0.25, -0.2) is 4.39 Å². The van der Waals surface area contributed by atoms with Gasteiger partial charge in [-0.3, -0.25) is 0 Å². The summed E-state index contributed by atoms with van der Waals surface area (Å²) >= 11 is 1.51. The van der Waals surface area contributed by atoms with Gasteiger partial charge >= 0.3 is 0 Å². The molecule has 56 valence electrons. The monoisotopic (exact) mass is 159 g/mol. The van der Waals surface area contributed by atoms with E-state index >= 15 is 0 Å². The van der Waals surface area contributed by atoms with Gasteiger partial charge in [0.15, 0.2) is 0 Å². The maximum Gasteiger partial charge on any atom is 0.127 e. The van der Waals surface area contributed by atoms with E-state index in [4.69, 9.17) is 5.73 Å². The molecule has 1 aromatic heterocycles. The van der Waals surface area contributed by atoms with Crippen molar-refractivity contribution in [1.29, 1.82) is 0 Å². The lowest BCUT2D eigenvalue weighted by Gasteiger charge is -2.01. The Labute approximate surface area is 63.7 Å². The number of thiophene rings is 1. The fourth-order valence-electron chi connectivity index (χ4n) is 0.766. The second kappa shape index (κ2) is 3.68. The normalized spacial score (nSPS) is 13.4. The van der Waals surface area contributed by atoms with E-state index < -0.39 is 6.17 Å². The zero-order valence-electron chi connectivity index (χ0n) is 5.59. The molecule has 1 rings (SSSR count). The predicted molar refractivity (Wildman–Crippen MR) is 41.8 cm³/mol. The summed E-state index contributed by atoms with van der Waals surface area (Å²) in [4.78, 5) is 0. The van der Waals surface area contributed by atoms with Crippen LogP contribution in [0.3, 0.4) is 0 Å². The van der Waals surface area contributed by atoms with Crippen LogP contribution in [0.5, 0.6) is 0 Å². The number of hydrogen-bond donors (Lipinski definition) is 1. The van der Waals surface area contributed by atoms with Gasteiger partial charge in [-0.2, -0.15) is 11.3 Å². The molecule has 2 N–H and O–H groups in total. The highest BCUT2D eigenvalue weighted by atomic mass is 32.1. The first-order valence-corrected chi connectivity index (χ1v) is 4.15. The standard InChI is InChI=1S/C7H10FNS/c8-7(1-3-9)6-2-4-10-5-6/h2,4-5,7H,1,3,9H2. The maximum absolute atomic E-state index is 12.9. The summed E-state index contributed by atoms with van der Waals surface area (Å²) in [6.45, 7) is 0.414. The highest BCUT2D eigenvalue weighted by molar-refractivity contribution is 7.07. The molecule has 1 heterocycles. The average molecular weight is 159 g/mol. The van der Waals surface area contributed by atoms with Crippen molar-refractivity contribution in [1.82, 2.24) is 0 Å². The van der Waals surface area contributed by atoms with Crippen LogP contribution >= 0.6 is 11.3 Å². The molecular weight excluding hydrogens is 149 g/mol. The van der Waals surface area contributed by atoms with Crippen molar-refractivity contribution < 1.29 is 4.39 Å². The molecule has 0 saturated carbocycles. The smallest absolute Gasteiger partial charge is 0.127 e. The molecule has 0 aliphatic heterocycles. The van der Waals surface area contributed by atoms with Gasteiger partial charge in [0.2, 0.25) is 0 Å². The maximum atomic E-state index is 12.9. The van der Waals surface area contributed by atoms with Crippen LogP contribution in [0.25, 0.3) is 0 Å². The Balaban J connectivity index is 2.50. The lowest BCUT2D eigenvalue weighted by atomic mass is 10.1. The minimum atomic E-state index is -0.865. The van der Waals surface area contributed by atoms with E-state index in [1.165, 1.54) is 11.3 Å². The third-order valence-corrected chi connectivity index (χ3v) is 2.03. The number of nitrogens with two attached hydrogens (primary N) is 1. The summed E-state index contributed by atoms with van der Waals surface area (Å²) in [7, 11) is 0. The van der Waals surface area contributed by atoms with Crippen LogP contribution in [0.15, 0.2) is 16.8 Å². The van der Waals surface area contributed by atoms with Crippen molar-refractivity contribution in [2.24, 2.45) is 5.73 Å². The summed E-state index contributed by atoms with van der Waals surface area (Å²) in [5, 5.41) is 3.69. The third-order valence-electron chi connectivity index (χ3n) is 1.32. The van der Waals surface area contributed by atoms with Gasteiger partial charge in [0.05, 0.1) is 0 Å². The summed E-state index contributed by atoms with van der Waals surface area (Å²) in [5.41, 5.74) is 5.96. The van der Waals surface area contributed by atoms with Crippen LogP contribution in [0.2, 0.25) is 0 Å². The minimum Gasteiger partial charge on any atom is -0.330 e. The first-order valence-electron chi connectivity index (χ1n) is 3.21. The second-order valence-electron chi connectivity index (χ2n) is 2.10. The molecule has 1 nitrogen and oxygen atoms in total. The Hall–Kier alpha value is -0.410. The van der Waals surface area contributed by atoms with Crippen molar-refractivity contribution in [3.63, 3.8) is 0 Å². The van der Waals surface area contributed by atoms with Crippen molar-refractivity contribution in [3.05, 3.63) is 22.4 Å². The van der Waals surface area contributed by atoms with Crippen molar-refractivity contribution in [2.75, 3.05) is 6.54 Å². The lowest BCUT2D eigenvalue weighted by molar-refractivity contribution is 0.328. The van der Waals surface area contributed by atoms with E-state index in [0.29, 0.717) is 13.0 Å². The van der Waals surface area contributed by atoms with E-state index in [1.54, 1.807) is 6.07 Å². The first kappa shape index (κ1) is 7.69. The fourth-order valence-corrected chi connectivity index (χ4v) is 1.46. The molecule has 0 amide bonds. The molecule has 0 bridgehead atoms. The van der Waals surface area contributed by atoms with Crippen LogP contribution in [0, 0.1) is 0 Å². The largest absolute Gasteiger partial charge is 0.330 e. The summed E-state index contributed by atoms with van der Waals surface area (Å²) < 4.78 is 12.9. The molecule has 1 unspecified atom stereocenters. The topological polar surface area (TPSA) is 26.0 Å². The van der Waals surface area contributed by atoms with Crippen LogP contribution in [-0.2, 0) is 0 Å². The van der Waals surface area contributed by atoms with Crippen LogP contribution in [0.1, 0.15) is 18.2 Å². The van der Waals surface area contributed by atoms with Crippen molar-refractivity contribution in [2.45, 2.75) is 12.6 Å². The summed E-state index contributed by atoms with van der Waals surface area (Å²) in [6, 6.07) is 1.80. The Morgan fingerprint density at radius 3 is 3.00 bits per heavy atom. The molecule has 10 heavy (non-hydrogen) atoms. The SMILES string of the molecule is NCCC(F)c1ccsc1. The van der Waals surface area contributed by atoms with Gasteiger partial charge < -0.3 is 5.73 Å². The van der Waals surface area contributed by atoms with E-state index in [1.807, 2.05) is 10.8 Å². The van der Waals surface area contributed by atoms with Crippen LogP contribution in [-0.4, -0.2) is 6.54 Å². The number of halogens is 1. The zero-order chi connectivity index (χ0) is 7.40. The molecule has 1 aromatic rings. The summed E-state index contributed by atoms with van der Waals surface area (Å²) in [5.74, 6) is 0. The third kappa shape index (κ3) is 1.78. The molecule has 0 saturated heterocycles. The Morgan fingerprint density at radius 1 is 1.70 bits per heavy atom. The molecule has 0 aliphatic carbocycles. The molecule has 3 heteroatoms. The Morgan fingerprint density at radius 2 is 2.50 bits per heavy atom. The highest BCUT2D eigenvalue weighted by Crippen LogP contribution is 2.22. The van der Waals surface area contributed by atoms with E-state index in [2.05, 4.69) is 0 Å². The minimum absolute atomic E-state index is 0.414. The van der Waals surface area contributed by atoms with Gasteiger partial charge in [0.25, 0.3) is 0 Å². The summed E-state index contributed by atoms with van der Waals surface area (Å²) in [6.07, 6.45) is -0.437. The zero-order valence-corrected chi connectivity index (χ0v) is 6.40. The van der Waals surface area contributed by atoms with Gasteiger partial charge in [-0.05, 0) is 35.4 Å². The van der Waals surface area contributed by atoms with Gasteiger partial charge in [-0.15, -0.1) is 0 Å². The van der Waals surface area contributed by atoms with E-state index in [-0.39, 0.29) is 0 Å². The fraction of sp³-hybridized carbons (Fsp3) is 0.429. The van der Waals surface area contributed by atoms with Crippen LogP contribution < -0.4 is 5.73 Å². The molecule has 0 aromatic carbocycles. The Bertz CT molecular complexity index is 174. The Kier molecular flexibility index (Phi) is 2.83. The van der Waals surface area contributed by atoms with E-state index in [9.17, 15) is 4.39 Å². The molecule has 1 atom stereocenters. The van der Waals surface area contributed by atoms with Gasteiger partial charge in [0, 0.05) is 0 Å². The molecule has 0 aliphatic rings. The number of alkyl halides is 1. The predicted octanol–water partition coefficient (Wildman–Crippen LogP) is 2.11. The number of hydrogen-bond acceptors (Lipinski definition) is 2. The highest BCUT2D eigenvalue weighted by Gasteiger charge is 2.07. The second-order valence-corrected chi connectivity index (χ2v) is 2.88. The van der Waals surface area contributed by atoms with Gasteiger partial charge in [0.1, 0.15) is 6.17 Å². The molecule has 0 radical (unpaired) electrons. The molecule has 0 fully saturated rings. The average Bonchev–Trinajstić information content (AvgIpc) is 2.38. The van der Waals surface area contributed by atoms with Crippen LogP contribution in [0.4, 0.5) is 4.39 Å². The van der Waals surface area contributed by atoms with Crippen molar-refractivity contribution in [3.8, 4) is 0 Å². The molecule has 0 spiro atoms. The number of rotatable bonds is 3.